The van der Waals surface area contributed by atoms with E-state index in [9.17, 15) is 4.79 Å². The van der Waals surface area contributed by atoms with E-state index in [2.05, 4.69) is 9.27 Å². The van der Waals surface area contributed by atoms with Crippen LogP contribution >= 0.6 is 11.5 Å². The summed E-state index contributed by atoms with van der Waals surface area (Å²) < 4.78 is 4.21. The highest BCUT2D eigenvalue weighted by atomic mass is 32.1. The molecule has 2 heterocycles. The van der Waals surface area contributed by atoms with Crippen LogP contribution in [0.25, 0.3) is 0 Å². The average Bonchev–Trinajstić information content (AvgIpc) is 2.67. The van der Waals surface area contributed by atoms with Gasteiger partial charge in [0.15, 0.2) is 0 Å². The number of anilines is 1. The minimum absolute atomic E-state index is 0.0734. The average molecular weight is 240 g/mol. The molecule has 0 aromatic carbocycles. The predicted molar refractivity (Wildman–Crippen MR) is 64.6 cm³/mol. The fraction of sp³-hybridized carbons (Fsp3) is 0.600. The van der Waals surface area contributed by atoms with Gasteiger partial charge >= 0.3 is 6.03 Å². The summed E-state index contributed by atoms with van der Waals surface area (Å²) in [6.45, 7) is 6.00. The quantitative estimate of drug-likeness (QED) is 0.787. The lowest BCUT2D eigenvalue weighted by molar-refractivity contribution is 0.136. The number of hydrogen-bond acceptors (Lipinski definition) is 4. The Bertz CT molecular complexity index is 392. The van der Waals surface area contributed by atoms with Crippen molar-refractivity contribution >= 4 is 22.6 Å². The zero-order chi connectivity index (χ0) is 11.7. The van der Waals surface area contributed by atoms with Gasteiger partial charge in [-0.1, -0.05) is 0 Å². The van der Waals surface area contributed by atoms with Crippen molar-refractivity contribution in [2.24, 2.45) is 0 Å². The number of urea groups is 1. The maximum absolute atomic E-state index is 12.1. The third-order valence-corrected chi connectivity index (χ3v) is 3.46. The van der Waals surface area contributed by atoms with Crippen LogP contribution in [0.2, 0.25) is 0 Å². The Morgan fingerprint density at radius 2 is 2.25 bits per heavy atom. The zero-order valence-corrected chi connectivity index (χ0v) is 10.6. The van der Waals surface area contributed by atoms with Crippen LogP contribution in [0, 0.1) is 6.92 Å². The minimum Gasteiger partial charge on any atom is -0.312 e. The maximum atomic E-state index is 12.1. The van der Waals surface area contributed by atoms with E-state index in [1.807, 2.05) is 31.9 Å². The molecule has 2 rings (SSSR count). The van der Waals surface area contributed by atoms with Gasteiger partial charge in [0.05, 0.1) is 19.0 Å². The molecule has 0 N–H and O–H groups in total. The third-order valence-electron chi connectivity index (χ3n) is 2.56. The van der Waals surface area contributed by atoms with Crippen molar-refractivity contribution in [2.45, 2.75) is 13.8 Å². The first-order chi connectivity index (χ1) is 7.61. The van der Waals surface area contributed by atoms with E-state index >= 15 is 0 Å². The molecule has 0 unspecified atom stereocenters. The largest absolute Gasteiger partial charge is 0.327 e. The number of aromatic nitrogens is 1. The molecule has 0 bridgehead atoms. The molecule has 0 aliphatic carbocycles. The van der Waals surface area contributed by atoms with Crippen LogP contribution in [0.3, 0.4) is 0 Å². The second-order valence-corrected chi connectivity index (χ2v) is 4.80. The van der Waals surface area contributed by atoms with Crippen LogP contribution in [0.4, 0.5) is 9.80 Å². The monoisotopic (exact) mass is 240 g/mol. The summed E-state index contributed by atoms with van der Waals surface area (Å²) in [7, 11) is 2.01. The van der Waals surface area contributed by atoms with Crippen LogP contribution in [-0.4, -0.2) is 47.1 Å². The van der Waals surface area contributed by atoms with Crippen LogP contribution < -0.4 is 4.90 Å². The lowest BCUT2D eigenvalue weighted by Crippen LogP contribution is -2.56. The molecule has 0 spiro atoms. The molecule has 1 aromatic rings. The first-order valence-corrected chi connectivity index (χ1v) is 6.07. The molecule has 5 nitrogen and oxygen atoms in total. The summed E-state index contributed by atoms with van der Waals surface area (Å²) in [5.41, 5.74) is 0.962. The number of amides is 2. The van der Waals surface area contributed by atoms with E-state index in [0.717, 1.165) is 17.2 Å². The van der Waals surface area contributed by atoms with Gasteiger partial charge in [-0.25, -0.2) is 4.79 Å². The smallest absolute Gasteiger partial charge is 0.312 e. The molecule has 6 heteroatoms. The van der Waals surface area contributed by atoms with E-state index in [-0.39, 0.29) is 6.03 Å². The number of aryl methyl sites for hydroxylation is 1. The Kier molecular flexibility index (Phi) is 3.11. The summed E-state index contributed by atoms with van der Waals surface area (Å²) in [4.78, 5) is 17.8. The second-order valence-electron chi connectivity index (χ2n) is 4.01. The summed E-state index contributed by atoms with van der Waals surface area (Å²) in [5.74, 6) is 0. The maximum Gasteiger partial charge on any atom is 0.327 e. The molecule has 1 aliphatic heterocycles. The predicted octanol–water partition coefficient (Wildman–Crippen LogP) is 1.56. The van der Waals surface area contributed by atoms with Gasteiger partial charge in [0.2, 0.25) is 0 Å². The van der Waals surface area contributed by atoms with Crippen molar-refractivity contribution in [3.63, 3.8) is 0 Å². The highest BCUT2D eigenvalue weighted by Crippen LogP contribution is 2.24. The second kappa shape index (κ2) is 4.39. The van der Waals surface area contributed by atoms with Gasteiger partial charge in [-0.2, -0.15) is 4.37 Å². The molecule has 1 saturated heterocycles. The zero-order valence-electron chi connectivity index (χ0n) is 9.80. The molecular weight excluding hydrogens is 224 g/mol. The normalized spacial score (nSPS) is 18.3. The molecule has 1 fully saturated rings. The first-order valence-electron chi connectivity index (χ1n) is 5.30. The molecule has 2 amide bonds. The van der Waals surface area contributed by atoms with E-state index in [1.54, 1.807) is 4.90 Å². The number of carbonyl (C=O) groups excluding carboxylic acids is 1. The topological polar surface area (TPSA) is 39.7 Å². The molecule has 0 atom stereocenters. The van der Waals surface area contributed by atoms with E-state index in [1.165, 1.54) is 11.5 Å². The van der Waals surface area contributed by atoms with Crippen molar-refractivity contribution in [3.8, 4) is 0 Å². The minimum atomic E-state index is 0.0734. The van der Waals surface area contributed by atoms with Crippen molar-refractivity contribution in [1.82, 2.24) is 14.2 Å². The standard InChI is InChI=1S/C10H16N4OS/c1-4-13-6-12(3)7-14(10(13)15)9-5-8(2)11-16-9/h5H,4,6-7H2,1-3H3. The fourth-order valence-corrected chi connectivity index (χ4v) is 2.49. The fourth-order valence-electron chi connectivity index (χ4n) is 1.75. The van der Waals surface area contributed by atoms with Crippen LogP contribution in [0.5, 0.6) is 0 Å². The Morgan fingerprint density at radius 1 is 1.50 bits per heavy atom. The lowest BCUT2D eigenvalue weighted by Gasteiger charge is -2.39. The van der Waals surface area contributed by atoms with Gasteiger partial charge in [-0.3, -0.25) is 9.80 Å². The van der Waals surface area contributed by atoms with Gasteiger partial charge in [-0.05, 0) is 38.5 Å². The third kappa shape index (κ3) is 2.03. The Balaban J connectivity index is 2.22. The van der Waals surface area contributed by atoms with Crippen molar-refractivity contribution in [1.29, 1.82) is 0 Å². The summed E-state index contributed by atoms with van der Waals surface area (Å²) in [6.07, 6.45) is 0. The highest BCUT2D eigenvalue weighted by molar-refractivity contribution is 7.10. The summed E-state index contributed by atoms with van der Waals surface area (Å²) in [5, 5.41) is 0.924. The molecule has 16 heavy (non-hydrogen) atoms. The number of nitrogens with zero attached hydrogens (tertiary/aromatic N) is 4. The van der Waals surface area contributed by atoms with Crippen LogP contribution in [0.15, 0.2) is 6.07 Å². The molecule has 0 saturated carbocycles. The molecule has 1 aromatic heterocycles. The molecule has 88 valence electrons. The highest BCUT2D eigenvalue weighted by Gasteiger charge is 2.29. The van der Waals surface area contributed by atoms with Gasteiger partial charge < -0.3 is 4.90 Å². The van der Waals surface area contributed by atoms with Crippen molar-refractivity contribution in [2.75, 3.05) is 31.8 Å². The van der Waals surface area contributed by atoms with Crippen LogP contribution in [-0.2, 0) is 0 Å². The molecule has 0 radical (unpaired) electrons. The first kappa shape index (κ1) is 11.3. The number of hydrogen-bond donors (Lipinski definition) is 0. The van der Waals surface area contributed by atoms with Gasteiger partial charge in [0.1, 0.15) is 5.00 Å². The number of rotatable bonds is 2. The van der Waals surface area contributed by atoms with Crippen molar-refractivity contribution in [3.05, 3.63) is 11.8 Å². The van der Waals surface area contributed by atoms with E-state index in [0.29, 0.717) is 13.3 Å². The van der Waals surface area contributed by atoms with Gasteiger partial charge in [0.25, 0.3) is 0 Å². The van der Waals surface area contributed by atoms with Gasteiger partial charge in [0, 0.05) is 6.54 Å². The number of carbonyl (C=O) groups is 1. The van der Waals surface area contributed by atoms with Gasteiger partial charge in [-0.15, -0.1) is 0 Å². The van der Waals surface area contributed by atoms with E-state index in [4.69, 9.17) is 0 Å². The summed E-state index contributed by atoms with van der Waals surface area (Å²) >= 11 is 1.38. The Labute approximate surface area is 99.4 Å². The molecule has 1 aliphatic rings. The van der Waals surface area contributed by atoms with Crippen molar-refractivity contribution < 1.29 is 4.79 Å². The Morgan fingerprint density at radius 3 is 2.81 bits per heavy atom. The Hall–Kier alpha value is -1.14. The lowest BCUT2D eigenvalue weighted by atomic mass is 10.4. The molecular formula is C10H16N4OS. The summed E-state index contributed by atoms with van der Waals surface area (Å²) in [6, 6.07) is 2.03. The van der Waals surface area contributed by atoms with Crippen LogP contribution in [0.1, 0.15) is 12.6 Å². The SMILES string of the molecule is CCN1CN(C)CN(c2cc(C)ns2)C1=O. The van der Waals surface area contributed by atoms with E-state index < -0.39 is 0 Å².